The number of benzene rings is 1. The van der Waals surface area contributed by atoms with Crippen LogP contribution in [0.5, 0.6) is 0 Å². The fourth-order valence-electron chi connectivity index (χ4n) is 1.83. The van der Waals surface area contributed by atoms with Crippen molar-refractivity contribution in [1.29, 1.82) is 0 Å². The highest BCUT2D eigenvalue weighted by molar-refractivity contribution is 7.89. The van der Waals surface area contributed by atoms with Crippen molar-refractivity contribution in [3.05, 3.63) is 47.5 Å². The SMILES string of the molecule is O=S(=O)(Cc1cccc(F)c1F)Cc1ncnn1CC(F)F. The number of sulfone groups is 1. The predicted molar refractivity (Wildman–Crippen MR) is 68.7 cm³/mol. The van der Waals surface area contributed by atoms with Crippen molar-refractivity contribution in [2.24, 2.45) is 0 Å². The van der Waals surface area contributed by atoms with Crippen molar-refractivity contribution >= 4 is 9.84 Å². The quantitative estimate of drug-likeness (QED) is 0.756. The molecule has 0 saturated carbocycles. The minimum Gasteiger partial charge on any atom is -0.243 e. The minimum atomic E-state index is -3.93. The number of hydrogen-bond acceptors (Lipinski definition) is 4. The van der Waals surface area contributed by atoms with Gasteiger partial charge in [0, 0.05) is 5.56 Å². The van der Waals surface area contributed by atoms with Crippen molar-refractivity contribution in [3.8, 4) is 0 Å². The third kappa shape index (κ3) is 4.03. The molecule has 120 valence electrons. The third-order valence-corrected chi connectivity index (χ3v) is 4.21. The molecular formula is C12H11F4N3O2S. The fraction of sp³-hybridized carbons (Fsp3) is 0.333. The molecule has 5 nitrogen and oxygen atoms in total. The first kappa shape index (κ1) is 16.4. The maximum absolute atomic E-state index is 13.5. The first-order valence-electron chi connectivity index (χ1n) is 6.06. The second kappa shape index (κ2) is 6.42. The molecule has 0 atom stereocenters. The van der Waals surface area contributed by atoms with Crippen LogP contribution in [0.25, 0.3) is 0 Å². The van der Waals surface area contributed by atoms with Gasteiger partial charge in [0.25, 0.3) is 6.43 Å². The summed E-state index contributed by atoms with van der Waals surface area (Å²) < 4.78 is 76.0. The molecule has 0 aliphatic rings. The summed E-state index contributed by atoms with van der Waals surface area (Å²) >= 11 is 0. The smallest absolute Gasteiger partial charge is 0.243 e. The molecule has 0 fully saturated rings. The van der Waals surface area contributed by atoms with Gasteiger partial charge in [0.15, 0.2) is 21.5 Å². The van der Waals surface area contributed by atoms with Crippen LogP contribution in [0, 0.1) is 11.6 Å². The average molecular weight is 337 g/mol. The lowest BCUT2D eigenvalue weighted by Gasteiger charge is -2.07. The van der Waals surface area contributed by atoms with E-state index in [1.807, 2.05) is 0 Å². The third-order valence-electron chi connectivity index (χ3n) is 2.76. The van der Waals surface area contributed by atoms with Gasteiger partial charge in [-0.1, -0.05) is 12.1 Å². The number of aromatic nitrogens is 3. The van der Waals surface area contributed by atoms with Gasteiger partial charge < -0.3 is 0 Å². The van der Waals surface area contributed by atoms with E-state index in [1.165, 1.54) is 6.07 Å². The molecule has 0 bridgehead atoms. The molecule has 10 heteroatoms. The van der Waals surface area contributed by atoms with E-state index in [9.17, 15) is 26.0 Å². The normalized spacial score (nSPS) is 12.0. The lowest BCUT2D eigenvalue weighted by Crippen LogP contribution is -2.17. The number of alkyl halides is 2. The highest BCUT2D eigenvalue weighted by Crippen LogP contribution is 2.17. The summed E-state index contributed by atoms with van der Waals surface area (Å²) in [7, 11) is -3.93. The molecule has 1 aromatic carbocycles. The van der Waals surface area contributed by atoms with Crippen LogP contribution in [0.1, 0.15) is 11.4 Å². The van der Waals surface area contributed by atoms with Crippen molar-refractivity contribution < 1.29 is 26.0 Å². The Morgan fingerprint density at radius 2 is 1.91 bits per heavy atom. The Hall–Kier alpha value is -1.97. The Labute approximate surface area is 123 Å². The standard InChI is InChI=1S/C12H11F4N3O2S/c13-9-3-1-2-8(12(9)16)5-22(20,21)6-11-17-7-18-19(11)4-10(14)15/h1-3,7,10H,4-6H2. The lowest BCUT2D eigenvalue weighted by atomic mass is 10.2. The molecule has 0 unspecified atom stereocenters. The molecule has 22 heavy (non-hydrogen) atoms. The van der Waals surface area contributed by atoms with E-state index in [1.54, 1.807) is 0 Å². The van der Waals surface area contributed by atoms with Gasteiger partial charge in [0.2, 0.25) is 0 Å². The van der Waals surface area contributed by atoms with Crippen LogP contribution in [0.3, 0.4) is 0 Å². The first-order valence-corrected chi connectivity index (χ1v) is 7.89. The molecule has 0 spiro atoms. The molecule has 0 N–H and O–H groups in total. The highest BCUT2D eigenvalue weighted by Gasteiger charge is 2.21. The molecule has 0 amide bonds. The molecule has 2 rings (SSSR count). The molecular weight excluding hydrogens is 326 g/mol. The Morgan fingerprint density at radius 1 is 1.18 bits per heavy atom. The van der Waals surface area contributed by atoms with Crippen LogP contribution in [0.2, 0.25) is 0 Å². The summed E-state index contributed by atoms with van der Waals surface area (Å²) in [6.45, 7) is -0.792. The largest absolute Gasteiger partial charge is 0.257 e. The summed E-state index contributed by atoms with van der Waals surface area (Å²) in [6, 6.07) is 3.19. The molecule has 1 aromatic heterocycles. The molecule has 0 saturated heterocycles. The number of halogens is 4. The van der Waals surface area contributed by atoms with E-state index in [0.29, 0.717) is 0 Å². The zero-order chi connectivity index (χ0) is 16.3. The number of hydrogen-bond donors (Lipinski definition) is 0. The molecule has 2 aromatic rings. The van der Waals surface area contributed by atoms with Gasteiger partial charge in [-0.05, 0) is 6.07 Å². The second-order valence-corrected chi connectivity index (χ2v) is 6.56. The van der Waals surface area contributed by atoms with E-state index in [4.69, 9.17) is 0 Å². The Morgan fingerprint density at radius 3 is 2.59 bits per heavy atom. The molecule has 0 aliphatic carbocycles. The maximum atomic E-state index is 13.5. The Kier molecular flexibility index (Phi) is 4.79. The summed E-state index contributed by atoms with van der Waals surface area (Å²) in [6.07, 6.45) is -1.76. The number of rotatable bonds is 6. The monoisotopic (exact) mass is 337 g/mol. The van der Waals surface area contributed by atoms with Crippen molar-refractivity contribution in [3.63, 3.8) is 0 Å². The van der Waals surface area contributed by atoms with Crippen molar-refractivity contribution in [2.45, 2.75) is 24.5 Å². The zero-order valence-corrected chi connectivity index (χ0v) is 11.9. The lowest BCUT2D eigenvalue weighted by molar-refractivity contribution is 0.120. The van der Waals surface area contributed by atoms with E-state index >= 15 is 0 Å². The highest BCUT2D eigenvalue weighted by atomic mass is 32.2. The predicted octanol–water partition coefficient (Wildman–Crippen LogP) is 1.94. The van der Waals surface area contributed by atoms with E-state index < -0.39 is 45.9 Å². The Balaban J connectivity index is 2.18. The first-order chi connectivity index (χ1) is 10.3. The van der Waals surface area contributed by atoms with Crippen LogP contribution in [-0.2, 0) is 27.9 Å². The van der Waals surface area contributed by atoms with Crippen LogP contribution < -0.4 is 0 Å². The van der Waals surface area contributed by atoms with E-state index in [0.717, 1.165) is 23.1 Å². The van der Waals surface area contributed by atoms with Crippen LogP contribution in [0.4, 0.5) is 17.6 Å². The van der Waals surface area contributed by atoms with Crippen LogP contribution >= 0.6 is 0 Å². The summed E-state index contributed by atoms with van der Waals surface area (Å²) in [5, 5.41) is 3.51. The summed E-state index contributed by atoms with van der Waals surface area (Å²) in [5.41, 5.74) is -0.333. The van der Waals surface area contributed by atoms with Gasteiger partial charge in [-0.3, -0.25) is 0 Å². The summed E-state index contributed by atoms with van der Waals surface area (Å²) in [4.78, 5) is 3.61. The Bertz CT molecular complexity index is 761. The van der Waals surface area contributed by atoms with E-state index in [2.05, 4.69) is 10.1 Å². The molecule has 0 aliphatic heterocycles. The maximum Gasteiger partial charge on any atom is 0.257 e. The fourth-order valence-corrected chi connectivity index (χ4v) is 3.24. The summed E-state index contributed by atoms with van der Waals surface area (Å²) in [5.74, 6) is -4.06. The van der Waals surface area contributed by atoms with Gasteiger partial charge in [-0.2, -0.15) is 5.10 Å². The number of nitrogens with zero attached hydrogens (tertiary/aromatic N) is 3. The topological polar surface area (TPSA) is 64.8 Å². The average Bonchev–Trinajstić information content (AvgIpc) is 2.80. The minimum absolute atomic E-state index is 0.183. The van der Waals surface area contributed by atoms with Gasteiger partial charge in [0.05, 0.1) is 5.75 Å². The van der Waals surface area contributed by atoms with Gasteiger partial charge in [-0.25, -0.2) is 35.6 Å². The van der Waals surface area contributed by atoms with Crippen LogP contribution in [-0.4, -0.2) is 29.6 Å². The molecule has 0 radical (unpaired) electrons. The van der Waals surface area contributed by atoms with Crippen molar-refractivity contribution in [1.82, 2.24) is 14.8 Å². The van der Waals surface area contributed by atoms with Gasteiger partial charge >= 0.3 is 0 Å². The van der Waals surface area contributed by atoms with Crippen molar-refractivity contribution in [2.75, 3.05) is 0 Å². The van der Waals surface area contributed by atoms with E-state index in [-0.39, 0.29) is 11.4 Å². The zero-order valence-electron chi connectivity index (χ0n) is 11.1. The van der Waals surface area contributed by atoms with Gasteiger partial charge in [0.1, 0.15) is 24.4 Å². The molecule has 1 heterocycles. The van der Waals surface area contributed by atoms with Crippen LogP contribution in [0.15, 0.2) is 24.5 Å². The second-order valence-electron chi connectivity index (χ2n) is 4.49. The van der Waals surface area contributed by atoms with Gasteiger partial charge in [-0.15, -0.1) is 0 Å².